The molecule has 0 unspecified atom stereocenters. The molecule has 4 aromatic carbocycles. The highest BCUT2D eigenvalue weighted by molar-refractivity contribution is 7.80. The van der Waals surface area contributed by atoms with Gasteiger partial charge in [-0.25, -0.2) is 14.8 Å². The van der Waals surface area contributed by atoms with Gasteiger partial charge in [-0.15, -0.1) is 0 Å². The number of nitrogens with zero attached hydrogens (tertiary/aromatic N) is 3. The highest BCUT2D eigenvalue weighted by Gasteiger charge is 2.53. The average molecular weight is 874 g/mol. The lowest BCUT2D eigenvalue weighted by Crippen LogP contribution is -2.33. The second-order valence-electron chi connectivity index (χ2n) is 16.5. The number of phenols is 2. The molecule has 63 heavy (non-hydrogen) atoms. The number of imidazole rings is 1. The van der Waals surface area contributed by atoms with Gasteiger partial charge in [-0.2, -0.15) is 0 Å². The SMILES string of the molecule is CCCCc1nc2c(N)nc3ccccc3c2n1CC(C)(C)COCCNC(=O)CCOCCNC(=S)Nc1ccc2c(c1)C(=O)OC21c2ccc(O)cc2Oc2cc(O)ccc21. The van der Waals surface area contributed by atoms with E-state index in [-0.39, 0.29) is 35.8 Å². The molecule has 2 aliphatic rings. The van der Waals surface area contributed by atoms with Gasteiger partial charge < -0.3 is 55.4 Å². The molecule has 0 fully saturated rings. The zero-order chi connectivity index (χ0) is 44.3. The minimum atomic E-state index is -1.35. The molecule has 0 aliphatic carbocycles. The van der Waals surface area contributed by atoms with Gasteiger partial charge in [-0.05, 0) is 61.1 Å². The van der Waals surface area contributed by atoms with Crippen LogP contribution in [0, 0.1) is 5.41 Å². The van der Waals surface area contributed by atoms with Crippen LogP contribution in [0.2, 0.25) is 0 Å². The Bertz CT molecular complexity index is 2670. The highest BCUT2D eigenvalue weighted by atomic mass is 32.1. The maximum atomic E-state index is 13.4. The highest BCUT2D eigenvalue weighted by Crippen LogP contribution is 2.57. The molecule has 6 aromatic rings. The molecule has 15 nitrogen and oxygen atoms in total. The number of fused-ring (bicyclic) bond motifs is 9. The maximum absolute atomic E-state index is 13.4. The Kier molecular flexibility index (Phi) is 12.4. The fourth-order valence-corrected chi connectivity index (χ4v) is 8.46. The Morgan fingerprint density at radius 3 is 2.35 bits per heavy atom. The lowest BCUT2D eigenvalue weighted by Gasteiger charge is -2.36. The Labute approximate surface area is 369 Å². The number of pyridine rings is 1. The second kappa shape index (κ2) is 18.1. The third kappa shape index (κ3) is 8.92. The molecule has 2 aliphatic heterocycles. The summed E-state index contributed by atoms with van der Waals surface area (Å²) in [6, 6.07) is 22.5. The minimum Gasteiger partial charge on any atom is -0.508 e. The maximum Gasteiger partial charge on any atom is 0.340 e. The summed E-state index contributed by atoms with van der Waals surface area (Å²) in [6.07, 6.45) is 3.12. The number of esters is 1. The van der Waals surface area contributed by atoms with Crippen molar-refractivity contribution in [3.63, 3.8) is 0 Å². The first-order chi connectivity index (χ1) is 30.4. The van der Waals surface area contributed by atoms with Gasteiger partial charge in [0.2, 0.25) is 5.91 Å². The Hall–Kier alpha value is -6.49. The number of nitrogens with one attached hydrogen (secondary N) is 3. The van der Waals surface area contributed by atoms with Crippen molar-refractivity contribution in [2.45, 2.75) is 58.6 Å². The summed E-state index contributed by atoms with van der Waals surface area (Å²) in [5.41, 5.74) is 9.94. The number of phenolic OH excluding ortho intramolecular Hbond substituents is 2. The van der Waals surface area contributed by atoms with Crippen molar-refractivity contribution in [2.24, 2.45) is 5.41 Å². The van der Waals surface area contributed by atoms with E-state index in [1.807, 2.05) is 18.2 Å². The predicted molar refractivity (Wildman–Crippen MR) is 243 cm³/mol. The zero-order valence-electron chi connectivity index (χ0n) is 35.5. The van der Waals surface area contributed by atoms with Crippen LogP contribution >= 0.6 is 12.2 Å². The molecule has 1 spiro atoms. The number of nitrogen functional groups attached to an aromatic ring is 1. The van der Waals surface area contributed by atoms with Crippen molar-refractivity contribution in [1.82, 2.24) is 25.2 Å². The first-order valence-electron chi connectivity index (χ1n) is 21.1. The molecule has 4 heterocycles. The normalized spacial score (nSPS) is 13.6. The van der Waals surface area contributed by atoms with Crippen LogP contribution in [0.15, 0.2) is 78.9 Å². The van der Waals surface area contributed by atoms with E-state index in [0.29, 0.717) is 89.8 Å². The largest absolute Gasteiger partial charge is 0.508 e. The fourth-order valence-electron chi connectivity index (χ4n) is 8.24. The number of aryl methyl sites for hydroxylation is 1. The van der Waals surface area contributed by atoms with Crippen LogP contribution in [0.5, 0.6) is 23.0 Å². The molecule has 0 atom stereocenters. The third-order valence-corrected chi connectivity index (χ3v) is 11.4. The number of carbonyl (C=O) groups is 2. The van der Waals surface area contributed by atoms with Gasteiger partial charge in [0.05, 0.1) is 43.0 Å². The van der Waals surface area contributed by atoms with E-state index in [0.717, 1.165) is 47.0 Å². The van der Waals surface area contributed by atoms with Crippen molar-refractivity contribution in [3.8, 4) is 23.0 Å². The molecule has 16 heteroatoms. The van der Waals surface area contributed by atoms with E-state index < -0.39 is 11.6 Å². The number of hydrogen-bond donors (Lipinski definition) is 6. The summed E-state index contributed by atoms with van der Waals surface area (Å²) in [7, 11) is 0. The molecule has 0 bridgehead atoms. The quantitative estimate of drug-likeness (QED) is 0.0309. The molecule has 2 aromatic heterocycles. The van der Waals surface area contributed by atoms with E-state index in [4.69, 9.17) is 41.9 Å². The van der Waals surface area contributed by atoms with Gasteiger partial charge in [-0.1, -0.05) is 51.5 Å². The van der Waals surface area contributed by atoms with Crippen molar-refractivity contribution in [3.05, 3.63) is 107 Å². The number of nitrogens with two attached hydrogens (primary N) is 1. The van der Waals surface area contributed by atoms with E-state index >= 15 is 0 Å². The Morgan fingerprint density at radius 1 is 0.905 bits per heavy atom. The topological polar surface area (TPSA) is 204 Å². The number of para-hydroxylation sites is 1. The Morgan fingerprint density at radius 2 is 1.60 bits per heavy atom. The first kappa shape index (κ1) is 43.2. The molecule has 0 saturated carbocycles. The van der Waals surface area contributed by atoms with Gasteiger partial charge in [0.1, 0.15) is 34.3 Å². The van der Waals surface area contributed by atoms with Crippen LogP contribution in [-0.4, -0.2) is 81.3 Å². The summed E-state index contributed by atoms with van der Waals surface area (Å²) in [6.45, 7) is 9.35. The summed E-state index contributed by atoms with van der Waals surface area (Å²) in [5.74, 6) is 1.32. The summed E-state index contributed by atoms with van der Waals surface area (Å²) < 4.78 is 26.2. The number of amides is 1. The molecule has 0 saturated heterocycles. The number of aromatic nitrogens is 3. The molecule has 7 N–H and O–H groups in total. The number of ether oxygens (including phenoxy) is 4. The predicted octanol–water partition coefficient (Wildman–Crippen LogP) is 7.04. The molecule has 1 amide bonds. The third-order valence-electron chi connectivity index (χ3n) is 11.1. The van der Waals surface area contributed by atoms with Crippen LogP contribution < -0.4 is 26.4 Å². The molecular weight excluding hydrogens is 823 g/mol. The van der Waals surface area contributed by atoms with E-state index in [9.17, 15) is 19.8 Å². The molecular formula is C47H51N7O8S. The van der Waals surface area contributed by atoms with Gasteiger partial charge in [-0.3, -0.25) is 4.79 Å². The minimum absolute atomic E-state index is 0.0192. The lowest BCUT2D eigenvalue weighted by molar-refractivity contribution is -0.122. The molecule has 0 radical (unpaired) electrons. The monoisotopic (exact) mass is 873 g/mol. The van der Waals surface area contributed by atoms with Crippen LogP contribution in [0.25, 0.3) is 21.9 Å². The van der Waals surface area contributed by atoms with Crippen molar-refractivity contribution in [2.75, 3.05) is 50.6 Å². The number of carbonyl (C=O) groups excluding carboxylic acids is 2. The molecule has 328 valence electrons. The smallest absolute Gasteiger partial charge is 0.340 e. The van der Waals surface area contributed by atoms with Crippen LogP contribution in [0.4, 0.5) is 11.5 Å². The van der Waals surface area contributed by atoms with Crippen LogP contribution in [0.1, 0.15) is 72.9 Å². The van der Waals surface area contributed by atoms with E-state index in [1.54, 1.807) is 30.3 Å². The standard InChI is InChI=1S/C47H51N7O8S/c1-4-5-10-39-53-41-42(31-8-6-7-9-36(31)52-43(41)48)54(39)26-46(2,3)27-60-22-18-49-40(57)17-20-59-21-19-50-45(63)51-28-11-14-33-32(23-28)44(58)62-47(33)34-15-12-29(55)24-37(34)61-38-25-30(56)13-16-35(38)47/h6-9,11-16,23-25,55-56H,4-5,10,17-22,26-27H2,1-3H3,(H2,48,52)(H,49,57)(H2,50,51,63). The summed E-state index contributed by atoms with van der Waals surface area (Å²) in [5, 5.41) is 30.8. The van der Waals surface area contributed by atoms with Gasteiger partial charge >= 0.3 is 5.97 Å². The molecule has 8 rings (SSSR count). The van der Waals surface area contributed by atoms with Crippen molar-refractivity contribution < 1.29 is 38.7 Å². The van der Waals surface area contributed by atoms with Gasteiger partial charge in [0, 0.05) is 77.8 Å². The number of benzene rings is 4. The number of rotatable bonds is 17. The number of hydrogen-bond acceptors (Lipinski definition) is 12. The number of anilines is 2. The van der Waals surface area contributed by atoms with E-state index in [1.165, 1.54) is 24.3 Å². The van der Waals surface area contributed by atoms with Crippen LogP contribution in [0.3, 0.4) is 0 Å². The van der Waals surface area contributed by atoms with E-state index in [2.05, 4.69) is 52.3 Å². The number of thiocarbonyl (C=S) groups is 1. The van der Waals surface area contributed by atoms with Crippen molar-refractivity contribution >= 4 is 62.6 Å². The lowest BCUT2D eigenvalue weighted by atomic mass is 9.77. The Balaban J connectivity index is 0.760. The number of aromatic hydroxyl groups is 2. The number of unbranched alkanes of at least 4 members (excludes halogenated alkanes) is 1. The summed E-state index contributed by atoms with van der Waals surface area (Å²) >= 11 is 5.50. The average Bonchev–Trinajstić information content (AvgIpc) is 3.75. The van der Waals surface area contributed by atoms with Gasteiger partial charge in [0.25, 0.3) is 0 Å². The van der Waals surface area contributed by atoms with Gasteiger partial charge in [0.15, 0.2) is 16.5 Å². The second-order valence-corrected chi connectivity index (χ2v) is 16.9. The fraction of sp³-hybridized carbons (Fsp3) is 0.340. The van der Waals surface area contributed by atoms with Crippen LogP contribution in [-0.2, 0) is 37.6 Å². The summed E-state index contributed by atoms with van der Waals surface area (Å²) in [4.78, 5) is 35.5. The first-order valence-corrected chi connectivity index (χ1v) is 21.5. The zero-order valence-corrected chi connectivity index (χ0v) is 36.3. The van der Waals surface area contributed by atoms with Crippen molar-refractivity contribution in [1.29, 1.82) is 0 Å².